The number of hydrogen-bond donors (Lipinski definition) is 2. The molecule has 0 amide bonds. The van der Waals surface area contributed by atoms with Crippen molar-refractivity contribution < 1.29 is 9.53 Å². The number of carbonyl (C=O) groups is 1. The molecule has 1 aliphatic rings. The van der Waals surface area contributed by atoms with E-state index >= 15 is 0 Å². The lowest BCUT2D eigenvalue weighted by Crippen LogP contribution is -2.29. The molecule has 14 heavy (non-hydrogen) atoms. The Hall–Kier alpha value is -1.19. The van der Waals surface area contributed by atoms with Crippen LogP contribution in [0.25, 0.3) is 0 Å². The second kappa shape index (κ2) is 4.88. The van der Waals surface area contributed by atoms with Gasteiger partial charge in [-0.1, -0.05) is 0 Å². The van der Waals surface area contributed by atoms with E-state index in [1.807, 2.05) is 6.92 Å². The normalized spacial score (nSPS) is 17.9. The summed E-state index contributed by atoms with van der Waals surface area (Å²) < 4.78 is 4.94. The van der Waals surface area contributed by atoms with Gasteiger partial charge in [-0.15, -0.1) is 0 Å². The molecule has 0 aromatic rings. The summed E-state index contributed by atoms with van der Waals surface area (Å²) >= 11 is 0. The minimum Gasteiger partial charge on any atom is -0.466 e. The van der Waals surface area contributed by atoms with Crippen LogP contribution in [0.3, 0.4) is 0 Å². The molecule has 0 radical (unpaired) electrons. The zero-order valence-electron chi connectivity index (χ0n) is 8.51. The van der Waals surface area contributed by atoms with Crippen LogP contribution in [-0.4, -0.2) is 18.4 Å². The number of amidine groups is 1. The van der Waals surface area contributed by atoms with Crippen LogP contribution >= 0.6 is 0 Å². The van der Waals surface area contributed by atoms with Crippen LogP contribution in [0, 0.1) is 17.2 Å². The van der Waals surface area contributed by atoms with Crippen LogP contribution in [0.5, 0.6) is 0 Å². The molecule has 0 aromatic heterocycles. The van der Waals surface area contributed by atoms with Crippen molar-refractivity contribution in [2.24, 2.45) is 11.7 Å². The fraction of sp³-hybridized carbons (Fsp3) is 0.700. The number of rotatable bonds is 3. The number of nitrogens with one attached hydrogen (secondary N) is 1. The van der Waals surface area contributed by atoms with Gasteiger partial charge in [-0.2, -0.15) is 0 Å². The molecule has 0 atom stereocenters. The van der Waals surface area contributed by atoms with E-state index < -0.39 is 0 Å². The highest BCUT2D eigenvalue weighted by molar-refractivity contribution is 5.91. The first-order chi connectivity index (χ1) is 6.65. The zero-order valence-corrected chi connectivity index (χ0v) is 8.51. The third-order valence-corrected chi connectivity index (χ3v) is 2.59. The Bertz CT molecular complexity index is 220. The predicted octanol–water partition coefficient (Wildman–Crippen LogP) is 1.25. The summed E-state index contributed by atoms with van der Waals surface area (Å²) in [6.45, 7) is 2.26. The summed E-state index contributed by atoms with van der Waals surface area (Å²) in [5.41, 5.74) is 5.38. The average Bonchev–Trinajstić information content (AvgIpc) is 2.18. The Labute approximate surface area is 84.3 Å². The lowest BCUT2D eigenvalue weighted by molar-refractivity contribution is -0.148. The van der Waals surface area contributed by atoms with Crippen molar-refractivity contribution in [3.8, 4) is 0 Å². The lowest BCUT2D eigenvalue weighted by atomic mass is 9.81. The Balaban J connectivity index is 2.35. The zero-order chi connectivity index (χ0) is 10.6. The van der Waals surface area contributed by atoms with E-state index in [1.54, 1.807) is 0 Å². The second-order valence-electron chi connectivity index (χ2n) is 3.54. The van der Waals surface area contributed by atoms with Gasteiger partial charge in [-0.3, -0.25) is 4.79 Å². The summed E-state index contributed by atoms with van der Waals surface area (Å²) in [6.07, 6.45) is 3.07. The molecule has 78 valence electrons. The minimum absolute atomic E-state index is 0.0121. The molecule has 4 nitrogen and oxygen atoms in total. The summed E-state index contributed by atoms with van der Waals surface area (Å²) in [7, 11) is 0. The van der Waals surface area contributed by atoms with Gasteiger partial charge in [0.2, 0.25) is 0 Å². The van der Waals surface area contributed by atoms with Crippen molar-refractivity contribution in [3.05, 3.63) is 5.92 Å². The fourth-order valence-electron chi connectivity index (χ4n) is 1.73. The summed E-state index contributed by atoms with van der Waals surface area (Å²) in [5.74, 6) is 1.06. The van der Waals surface area contributed by atoms with Crippen LogP contribution in [0.4, 0.5) is 0 Å². The molecule has 0 aliphatic heterocycles. The quantitative estimate of drug-likeness (QED) is 0.309. The first-order valence-electron chi connectivity index (χ1n) is 5.00. The van der Waals surface area contributed by atoms with E-state index in [0.717, 1.165) is 31.6 Å². The van der Waals surface area contributed by atoms with Crippen LogP contribution < -0.4 is 5.73 Å². The molecule has 1 aliphatic carbocycles. The molecule has 0 unspecified atom stereocenters. The van der Waals surface area contributed by atoms with Gasteiger partial charge >= 0.3 is 5.97 Å². The maximum Gasteiger partial charge on any atom is 0.309 e. The highest BCUT2D eigenvalue weighted by Crippen LogP contribution is 2.30. The van der Waals surface area contributed by atoms with Gasteiger partial charge in [0.25, 0.3) is 5.84 Å². The minimum atomic E-state index is -0.102. The number of hydrogen-bond acceptors (Lipinski definition) is 3. The van der Waals surface area contributed by atoms with Gasteiger partial charge < -0.3 is 10.5 Å². The Kier molecular flexibility index (Phi) is 3.80. The topological polar surface area (TPSA) is 76.2 Å². The standard InChI is InChI=1S/C10H17N2O2/c1-2-14-10(13)8-5-3-7(4-6-8)9(11)12/h8H,2-6H2,1H3,(H3,11,12)/q+1. The van der Waals surface area contributed by atoms with Crippen molar-refractivity contribution in [2.75, 3.05) is 6.61 Å². The maximum atomic E-state index is 11.4. The Morgan fingerprint density at radius 3 is 2.57 bits per heavy atom. The predicted molar refractivity (Wildman–Crippen MR) is 53.7 cm³/mol. The molecule has 4 heteroatoms. The molecule has 0 bridgehead atoms. The van der Waals surface area contributed by atoms with Crippen LogP contribution in [0.15, 0.2) is 0 Å². The third-order valence-electron chi connectivity index (χ3n) is 2.59. The summed E-state index contributed by atoms with van der Waals surface area (Å²) in [6, 6.07) is 0. The van der Waals surface area contributed by atoms with E-state index in [4.69, 9.17) is 15.9 Å². The van der Waals surface area contributed by atoms with E-state index in [9.17, 15) is 4.79 Å². The van der Waals surface area contributed by atoms with Crippen molar-refractivity contribution in [2.45, 2.75) is 32.6 Å². The molecule has 0 saturated heterocycles. The van der Waals surface area contributed by atoms with E-state index in [1.165, 1.54) is 0 Å². The van der Waals surface area contributed by atoms with E-state index in [2.05, 4.69) is 0 Å². The van der Waals surface area contributed by atoms with Crippen molar-refractivity contribution >= 4 is 11.8 Å². The van der Waals surface area contributed by atoms with E-state index in [0.29, 0.717) is 6.61 Å². The fourth-order valence-corrected chi connectivity index (χ4v) is 1.73. The molecule has 1 rings (SSSR count). The number of carbonyl (C=O) groups excluding carboxylic acids is 1. The van der Waals surface area contributed by atoms with Crippen LogP contribution in [-0.2, 0) is 9.53 Å². The van der Waals surface area contributed by atoms with Gasteiger partial charge in [0, 0.05) is 12.8 Å². The molecule has 0 spiro atoms. The first kappa shape index (κ1) is 10.9. The largest absolute Gasteiger partial charge is 0.466 e. The molecule has 1 fully saturated rings. The van der Waals surface area contributed by atoms with Gasteiger partial charge in [0.05, 0.1) is 25.4 Å². The van der Waals surface area contributed by atoms with E-state index in [-0.39, 0.29) is 17.7 Å². The van der Waals surface area contributed by atoms with Crippen LogP contribution in [0.1, 0.15) is 32.6 Å². The SMILES string of the molecule is CCOC(=O)C1CC[C+](C(=N)N)CC1. The average molecular weight is 197 g/mol. The number of ether oxygens (including phenoxy) is 1. The Morgan fingerprint density at radius 1 is 1.57 bits per heavy atom. The molecule has 1 saturated carbocycles. The molecular formula is C10H17N2O2+. The Morgan fingerprint density at radius 2 is 2.14 bits per heavy atom. The molecule has 0 heterocycles. The smallest absolute Gasteiger partial charge is 0.309 e. The molecule has 3 N–H and O–H groups in total. The highest BCUT2D eigenvalue weighted by Gasteiger charge is 2.36. The maximum absolute atomic E-state index is 11.4. The van der Waals surface area contributed by atoms with Crippen molar-refractivity contribution in [1.29, 1.82) is 5.41 Å². The summed E-state index contributed by atoms with van der Waals surface area (Å²) in [4.78, 5) is 11.4. The van der Waals surface area contributed by atoms with Crippen molar-refractivity contribution in [1.82, 2.24) is 0 Å². The van der Waals surface area contributed by atoms with Gasteiger partial charge in [-0.25, -0.2) is 5.41 Å². The van der Waals surface area contributed by atoms with Crippen molar-refractivity contribution in [3.63, 3.8) is 0 Å². The van der Waals surface area contributed by atoms with Gasteiger partial charge in [0.15, 0.2) is 5.92 Å². The lowest BCUT2D eigenvalue weighted by Gasteiger charge is -2.18. The molecular weight excluding hydrogens is 180 g/mol. The van der Waals surface area contributed by atoms with Gasteiger partial charge in [0.1, 0.15) is 0 Å². The summed E-state index contributed by atoms with van der Waals surface area (Å²) in [5, 5.41) is 7.27. The van der Waals surface area contributed by atoms with Crippen LogP contribution in [0.2, 0.25) is 0 Å². The highest BCUT2D eigenvalue weighted by atomic mass is 16.5. The van der Waals surface area contributed by atoms with Gasteiger partial charge in [-0.05, 0) is 6.92 Å². The molecule has 0 aromatic carbocycles. The monoisotopic (exact) mass is 197 g/mol. The number of esters is 1. The third kappa shape index (κ3) is 2.65. The number of nitrogens with two attached hydrogens (primary N) is 1. The first-order valence-corrected chi connectivity index (χ1v) is 5.00. The second-order valence-corrected chi connectivity index (χ2v) is 3.54.